The SMILES string of the molecule is N#Cc1ccnc(N2CC3(C2)CN(c2nnc4n2-c2ccc(Cl)cc2CN(C2(C(F)(F)F)COC2)C4)C3)n1. The van der Waals surface area contributed by atoms with Crippen LogP contribution < -0.4 is 9.80 Å². The minimum absolute atomic E-state index is 0.0263. The molecule has 6 heterocycles. The zero-order valence-electron chi connectivity index (χ0n) is 20.0. The molecule has 0 radical (unpaired) electrons. The smallest absolute Gasteiger partial charge is 0.377 e. The predicted octanol–water partition coefficient (Wildman–Crippen LogP) is 2.56. The second-order valence-corrected chi connectivity index (χ2v) is 10.9. The summed E-state index contributed by atoms with van der Waals surface area (Å²) in [5.41, 5.74) is -0.322. The third kappa shape index (κ3) is 3.40. The highest BCUT2D eigenvalue weighted by atomic mass is 35.5. The maximum atomic E-state index is 14.2. The highest BCUT2D eigenvalue weighted by Crippen LogP contribution is 2.46. The first-order valence-corrected chi connectivity index (χ1v) is 12.4. The number of hydrogen-bond donors (Lipinski definition) is 0. The monoisotopic (exact) mass is 543 g/mol. The highest BCUT2D eigenvalue weighted by Gasteiger charge is 2.64. The molecule has 2 aromatic heterocycles. The number of halogens is 4. The van der Waals surface area contributed by atoms with Crippen molar-refractivity contribution in [3.8, 4) is 11.8 Å². The average Bonchev–Trinajstić information content (AvgIpc) is 3.11. The van der Waals surface area contributed by atoms with Gasteiger partial charge in [-0.2, -0.15) is 18.4 Å². The largest absolute Gasteiger partial charge is 0.411 e. The first-order chi connectivity index (χ1) is 18.2. The van der Waals surface area contributed by atoms with E-state index < -0.39 is 24.9 Å². The van der Waals surface area contributed by atoms with Gasteiger partial charge in [-0.05, 0) is 29.8 Å². The summed E-state index contributed by atoms with van der Waals surface area (Å²) in [6.07, 6.45) is -2.88. The molecule has 0 N–H and O–H groups in total. The van der Waals surface area contributed by atoms with Gasteiger partial charge in [0.25, 0.3) is 0 Å². The Morgan fingerprint density at radius 3 is 2.47 bits per heavy atom. The van der Waals surface area contributed by atoms with Gasteiger partial charge in [-0.25, -0.2) is 9.97 Å². The van der Waals surface area contributed by atoms with Crippen molar-refractivity contribution < 1.29 is 17.9 Å². The first kappa shape index (κ1) is 23.6. The Morgan fingerprint density at radius 2 is 1.79 bits per heavy atom. The Bertz CT molecular complexity index is 1470. The van der Waals surface area contributed by atoms with Crippen LogP contribution in [-0.4, -0.2) is 80.7 Å². The minimum Gasteiger partial charge on any atom is -0.377 e. The molecule has 0 aliphatic carbocycles. The second kappa shape index (κ2) is 8.02. The van der Waals surface area contributed by atoms with Crippen molar-refractivity contribution in [3.63, 3.8) is 0 Å². The summed E-state index contributed by atoms with van der Waals surface area (Å²) in [4.78, 5) is 14.1. The summed E-state index contributed by atoms with van der Waals surface area (Å²) in [7, 11) is 0. The standard InChI is InChI=1S/C24H21ClF3N9O/c25-16-1-2-18-15(5-16)7-36(23(13-38-14-23)24(26,27)28)8-19-32-33-21(37(18)19)35-11-22(12-35)9-34(10-22)20-30-4-3-17(6-29)31-20/h1-5H,7-14H2. The summed E-state index contributed by atoms with van der Waals surface area (Å²) in [6.45, 7) is 2.11. The number of rotatable bonds is 3. The molecule has 4 aliphatic rings. The highest BCUT2D eigenvalue weighted by molar-refractivity contribution is 6.30. The van der Waals surface area contributed by atoms with Crippen molar-refractivity contribution in [1.82, 2.24) is 29.6 Å². The number of aromatic nitrogens is 5. The summed E-state index contributed by atoms with van der Waals surface area (Å²) in [6, 6.07) is 8.86. The molecule has 3 fully saturated rings. The summed E-state index contributed by atoms with van der Waals surface area (Å²) in [5.74, 6) is 1.58. The van der Waals surface area contributed by atoms with E-state index in [1.54, 1.807) is 24.4 Å². The van der Waals surface area contributed by atoms with Gasteiger partial charge in [0, 0.05) is 49.4 Å². The molecule has 0 bridgehead atoms. The number of alkyl halides is 3. The van der Waals surface area contributed by atoms with Gasteiger partial charge in [-0.1, -0.05) is 11.6 Å². The molecule has 38 heavy (non-hydrogen) atoms. The van der Waals surface area contributed by atoms with Crippen LogP contribution in [-0.2, 0) is 17.8 Å². The quantitative estimate of drug-likeness (QED) is 0.493. The van der Waals surface area contributed by atoms with E-state index in [9.17, 15) is 13.2 Å². The summed E-state index contributed by atoms with van der Waals surface area (Å²) in [5, 5.41) is 18.3. The van der Waals surface area contributed by atoms with Crippen molar-refractivity contribution >= 4 is 23.5 Å². The topological polar surface area (TPSA) is 99.2 Å². The van der Waals surface area contributed by atoms with E-state index in [0.29, 0.717) is 47.1 Å². The van der Waals surface area contributed by atoms with Crippen molar-refractivity contribution in [1.29, 1.82) is 5.26 Å². The van der Waals surface area contributed by atoms with Crippen LogP contribution in [0.15, 0.2) is 30.5 Å². The fourth-order valence-corrected chi connectivity index (χ4v) is 6.08. The van der Waals surface area contributed by atoms with E-state index in [1.807, 2.05) is 21.6 Å². The van der Waals surface area contributed by atoms with E-state index >= 15 is 0 Å². The van der Waals surface area contributed by atoms with E-state index in [2.05, 4.69) is 25.1 Å². The lowest BCUT2D eigenvalue weighted by molar-refractivity contribution is -0.310. The van der Waals surface area contributed by atoms with Crippen LogP contribution in [0.2, 0.25) is 5.02 Å². The normalized spacial score (nSPS) is 21.4. The van der Waals surface area contributed by atoms with Crippen LogP contribution in [0.3, 0.4) is 0 Å². The number of benzene rings is 1. The maximum absolute atomic E-state index is 14.2. The molecular weight excluding hydrogens is 523 g/mol. The van der Waals surface area contributed by atoms with Crippen molar-refractivity contribution in [2.24, 2.45) is 5.41 Å². The molecule has 0 unspecified atom stereocenters. The van der Waals surface area contributed by atoms with Gasteiger partial charge in [-0.3, -0.25) is 9.47 Å². The number of nitriles is 1. The van der Waals surface area contributed by atoms with Crippen molar-refractivity contribution in [2.45, 2.75) is 24.8 Å². The van der Waals surface area contributed by atoms with Gasteiger partial charge in [0.05, 0.1) is 25.4 Å². The van der Waals surface area contributed by atoms with Crippen molar-refractivity contribution in [3.05, 3.63) is 52.6 Å². The van der Waals surface area contributed by atoms with Crippen LogP contribution >= 0.6 is 11.6 Å². The average molecular weight is 544 g/mol. The molecule has 1 spiro atoms. The first-order valence-electron chi connectivity index (χ1n) is 12.1. The number of ether oxygens (including phenoxy) is 1. The molecule has 0 saturated carbocycles. The third-order valence-electron chi connectivity index (χ3n) is 7.93. The molecule has 3 aromatic rings. The van der Waals surface area contributed by atoms with Gasteiger partial charge in [0.1, 0.15) is 11.8 Å². The molecule has 14 heteroatoms. The number of hydrogen-bond acceptors (Lipinski definition) is 9. The van der Waals surface area contributed by atoms with Gasteiger partial charge in [-0.15, -0.1) is 10.2 Å². The lowest BCUT2D eigenvalue weighted by Gasteiger charge is -2.60. The number of anilines is 2. The molecule has 4 aliphatic heterocycles. The van der Waals surface area contributed by atoms with E-state index in [-0.39, 0.29) is 18.5 Å². The fraction of sp³-hybridized carbons (Fsp3) is 0.458. The molecule has 0 amide bonds. The van der Waals surface area contributed by atoms with E-state index in [4.69, 9.17) is 21.6 Å². The van der Waals surface area contributed by atoms with Gasteiger partial charge >= 0.3 is 6.18 Å². The molecule has 7 rings (SSSR count). The zero-order chi connectivity index (χ0) is 26.3. The summed E-state index contributed by atoms with van der Waals surface area (Å²) >= 11 is 6.27. The van der Waals surface area contributed by atoms with Crippen LogP contribution in [0.5, 0.6) is 0 Å². The number of fused-ring (bicyclic) bond motifs is 3. The third-order valence-corrected chi connectivity index (χ3v) is 8.17. The van der Waals surface area contributed by atoms with Crippen LogP contribution in [0.4, 0.5) is 25.1 Å². The molecule has 3 saturated heterocycles. The zero-order valence-corrected chi connectivity index (χ0v) is 20.7. The Labute approximate surface area is 220 Å². The van der Waals surface area contributed by atoms with Crippen molar-refractivity contribution in [2.75, 3.05) is 49.2 Å². The second-order valence-electron chi connectivity index (χ2n) is 10.5. The molecule has 196 valence electrons. The molecular formula is C24H21ClF3N9O. The van der Waals surface area contributed by atoms with Crippen LogP contribution in [0.1, 0.15) is 17.1 Å². The van der Waals surface area contributed by atoms with E-state index in [0.717, 1.165) is 18.8 Å². The Hall–Kier alpha value is -3.47. The van der Waals surface area contributed by atoms with Gasteiger partial charge in [0.2, 0.25) is 11.9 Å². The summed E-state index contributed by atoms with van der Waals surface area (Å²) < 4.78 is 49.5. The van der Waals surface area contributed by atoms with Gasteiger partial charge < -0.3 is 14.5 Å². The maximum Gasteiger partial charge on any atom is 0.411 e. The predicted molar refractivity (Wildman–Crippen MR) is 129 cm³/mol. The van der Waals surface area contributed by atoms with Crippen LogP contribution in [0.25, 0.3) is 5.69 Å². The molecule has 0 atom stereocenters. The van der Waals surface area contributed by atoms with Crippen LogP contribution in [0, 0.1) is 16.7 Å². The minimum atomic E-state index is -4.46. The lowest BCUT2D eigenvalue weighted by Crippen LogP contribution is -2.73. The Kier molecular flexibility index (Phi) is 4.99. The fourth-order valence-electron chi connectivity index (χ4n) is 5.89. The lowest BCUT2D eigenvalue weighted by atomic mass is 9.73. The molecule has 1 aromatic carbocycles. The van der Waals surface area contributed by atoms with Gasteiger partial charge in [0.15, 0.2) is 11.4 Å². The molecule has 10 nitrogen and oxygen atoms in total. The Balaban J connectivity index is 1.16. The van der Waals surface area contributed by atoms with E-state index in [1.165, 1.54) is 4.90 Å². The number of nitrogens with zero attached hydrogens (tertiary/aromatic N) is 9. The Morgan fingerprint density at radius 1 is 1.03 bits per heavy atom.